The summed E-state index contributed by atoms with van der Waals surface area (Å²) in [6.45, 7) is 3.87. The molecule has 0 fully saturated rings. The Balaban J connectivity index is 2.22. The van der Waals surface area contributed by atoms with Gasteiger partial charge in [-0.1, -0.05) is 0 Å². The molecule has 28 heavy (non-hydrogen) atoms. The number of ether oxygens (including phenoxy) is 2. The quantitative estimate of drug-likeness (QED) is 0.381. The van der Waals surface area contributed by atoms with Crippen LogP contribution in [0.1, 0.15) is 27.3 Å². The largest absolute Gasteiger partial charge is 0.485 e. The molecule has 2 rings (SSSR count). The van der Waals surface area contributed by atoms with E-state index in [-0.39, 0.29) is 0 Å². The Morgan fingerprint density at radius 2 is 1.93 bits per heavy atom. The molecular formula is C18H19F3N2O5. The number of halogens is 3. The average molecular weight is 400 g/mol. The van der Waals surface area contributed by atoms with Crippen molar-refractivity contribution >= 4 is 11.5 Å². The van der Waals surface area contributed by atoms with E-state index in [9.17, 15) is 28.1 Å². The van der Waals surface area contributed by atoms with Crippen LogP contribution in [0.25, 0.3) is 0 Å². The molecule has 1 aromatic heterocycles. The maximum atomic E-state index is 13.2. The first-order valence-corrected chi connectivity index (χ1v) is 8.23. The van der Waals surface area contributed by atoms with Gasteiger partial charge in [0.05, 0.1) is 11.5 Å². The van der Waals surface area contributed by atoms with Crippen LogP contribution in [0.4, 0.5) is 18.9 Å². The van der Waals surface area contributed by atoms with Crippen molar-refractivity contribution < 1.29 is 32.4 Å². The fourth-order valence-electron chi connectivity index (χ4n) is 2.81. The van der Waals surface area contributed by atoms with Gasteiger partial charge in [-0.25, -0.2) is 0 Å². The Bertz CT molecular complexity index is 890. The molecule has 0 atom stereocenters. The number of ketones is 1. The SMILES string of the molecule is COCCn1c(C)cc(C(=O)COc2ccc([N+](=O)[O-])cc2C(F)(F)F)c1C. The van der Waals surface area contributed by atoms with E-state index in [0.717, 1.165) is 17.8 Å². The Labute approximate surface area is 158 Å². The van der Waals surface area contributed by atoms with Gasteiger partial charge in [0.25, 0.3) is 5.69 Å². The molecule has 2 aromatic rings. The lowest BCUT2D eigenvalue weighted by atomic mass is 10.1. The molecule has 152 valence electrons. The summed E-state index contributed by atoms with van der Waals surface area (Å²) in [6.07, 6.45) is -4.86. The molecular weight excluding hydrogens is 381 g/mol. The number of benzene rings is 1. The van der Waals surface area contributed by atoms with Crippen LogP contribution in [0.3, 0.4) is 0 Å². The monoisotopic (exact) mass is 400 g/mol. The summed E-state index contributed by atoms with van der Waals surface area (Å²) in [5.74, 6) is -1.14. The van der Waals surface area contributed by atoms with Crippen molar-refractivity contribution in [2.45, 2.75) is 26.6 Å². The van der Waals surface area contributed by atoms with Gasteiger partial charge in [0.2, 0.25) is 5.78 Å². The molecule has 0 amide bonds. The molecule has 0 bridgehead atoms. The van der Waals surface area contributed by atoms with Crippen LogP contribution in [0.2, 0.25) is 0 Å². The van der Waals surface area contributed by atoms with E-state index >= 15 is 0 Å². The molecule has 0 radical (unpaired) electrons. The van der Waals surface area contributed by atoms with E-state index in [0.29, 0.717) is 30.5 Å². The highest BCUT2D eigenvalue weighted by Crippen LogP contribution is 2.38. The zero-order valence-electron chi connectivity index (χ0n) is 15.5. The van der Waals surface area contributed by atoms with Gasteiger partial charge in [-0.15, -0.1) is 0 Å². The zero-order valence-corrected chi connectivity index (χ0v) is 15.5. The van der Waals surface area contributed by atoms with Crippen LogP contribution in [0.5, 0.6) is 5.75 Å². The normalized spacial score (nSPS) is 11.5. The van der Waals surface area contributed by atoms with Crippen LogP contribution < -0.4 is 4.74 Å². The van der Waals surface area contributed by atoms with Crippen molar-refractivity contribution in [1.29, 1.82) is 0 Å². The molecule has 0 aliphatic heterocycles. The highest BCUT2D eigenvalue weighted by atomic mass is 19.4. The summed E-state index contributed by atoms with van der Waals surface area (Å²) in [5, 5.41) is 10.7. The summed E-state index contributed by atoms with van der Waals surface area (Å²) < 4.78 is 51.5. The van der Waals surface area contributed by atoms with Crippen molar-refractivity contribution in [2.24, 2.45) is 0 Å². The number of Topliss-reactive ketones (excluding diaryl/α,β-unsaturated/α-hetero) is 1. The lowest BCUT2D eigenvalue weighted by molar-refractivity contribution is -0.385. The van der Waals surface area contributed by atoms with Crippen molar-refractivity contribution in [3.8, 4) is 5.75 Å². The number of nitro groups is 1. The first-order chi connectivity index (χ1) is 13.1. The first kappa shape index (κ1) is 21.4. The molecule has 0 saturated carbocycles. The molecule has 0 spiro atoms. The minimum absolute atomic E-state index is 0.337. The molecule has 0 aliphatic rings. The standard InChI is InChI=1S/C18H19F3N2O5/c1-11-8-14(12(2)22(11)6-7-27-3)16(24)10-28-17-5-4-13(23(25)26)9-15(17)18(19,20)21/h4-5,8-9H,6-7,10H2,1-3H3. The van der Waals surface area contributed by atoms with Crippen molar-refractivity contribution in [3.05, 3.63) is 56.9 Å². The number of carbonyl (C=O) groups is 1. The van der Waals surface area contributed by atoms with Gasteiger partial charge in [0, 0.05) is 42.7 Å². The van der Waals surface area contributed by atoms with Crippen LogP contribution >= 0.6 is 0 Å². The van der Waals surface area contributed by atoms with Crippen molar-refractivity contribution in [3.63, 3.8) is 0 Å². The number of nitrogens with zero attached hydrogens (tertiary/aromatic N) is 2. The van der Waals surface area contributed by atoms with E-state index in [1.54, 1.807) is 27.0 Å². The number of methoxy groups -OCH3 is 1. The maximum absolute atomic E-state index is 13.2. The minimum atomic E-state index is -4.86. The molecule has 10 heteroatoms. The van der Waals surface area contributed by atoms with Gasteiger partial charge in [-0.2, -0.15) is 13.2 Å². The van der Waals surface area contributed by atoms with Gasteiger partial charge >= 0.3 is 6.18 Å². The number of aromatic nitrogens is 1. The second kappa shape index (κ2) is 8.42. The highest BCUT2D eigenvalue weighted by Gasteiger charge is 2.36. The molecule has 0 N–H and O–H groups in total. The summed E-state index contributed by atoms with van der Waals surface area (Å²) >= 11 is 0. The summed E-state index contributed by atoms with van der Waals surface area (Å²) in [5.41, 5.74) is -0.219. The van der Waals surface area contributed by atoms with Gasteiger partial charge in [0.1, 0.15) is 11.3 Å². The van der Waals surface area contributed by atoms with Gasteiger partial charge < -0.3 is 14.0 Å². The number of aryl methyl sites for hydroxylation is 1. The molecule has 0 unspecified atom stereocenters. The third-order valence-electron chi connectivity index (χ3n) is 4.23. The summed E-state index contributed by atoms with van der Waals surface area (Å²) in [7, 11) is 1.55. The molecule has 0 saturated heterocycles. The van der Waals surface area contributed by atoms with E-state index in [1.807, 2.05) is 4.57 Å². The average Bonchev–Trinajstić information content (AvgIpc) is 2.91. The Morgan fingerprint density at radius 3 is 2.50 bits per heavy atom. The van der Waals surface area contributed by atoms with Gasteiger partial charge in [-0.3, -0.25) is 14.9 Å². The Hall–Kier alpha value is -2.88. The lowest BCUT2D eigenvalue weighted by Gasteiger charge is -2.13. The zero-order chi connectivity index (χ0) is 21.1. The van der Waals surface area contributed by atoms with E-state index < -0.39 is 40.5 Å². The van der Waals surface area contributed by atoms with Gasteiger partial charge in [-0.05, 0) is 26.0 Å². The second-order valence-corrected chi connectivity index (χ2v) is 6.08. The minimum Gasteiger partial charge on any atom is -0.485 e. The number of non-ortho nitro benzene ring substituents is 1. The Morgan fingerprint density at radius 1 is 1.25 bits per heavy atom. The Kier molecular flexibility index (Phi) is 6.45. The van der Waals surface area contributed by atoms with Crippen molar-refractivity contribution in [1.82, 2.24) is 4.57 Å². The number of hydrogen-bond donors (Lipinski definition) is 0. The molecule has 1 aromatic carbocycles. The van der Waals surface area contributed by atoms with E-state index in [2.05, 4.69) is 0 Å². The van der Waals surface area contributed by atoms with Crippen LogP contribution in [0.15, 0.2) is 24.3 Å². The number of carbonyl (C=O) groups excluding carboxylic acids is 1. The fraction of sp³-hybridized carbons (Fsp3) is 0.389. The van der Waals surface area contributed by atoms with Gasteiger partial charge in [0.15, 0.2) is 6.61 Å². The number of nitro benzene ring substituents is 1. The fourth-order valence-corrected chi connectivity index (χ4v) is 2.81. The third kappa shape index (κ3) is 4.69. The summed E-state index contributed by atoms with van der Waals surface area (Å²) in [6, 6.07) is 3.76. The number of rotatable bonds is 8. The first-order valence-electron chi connectivity index (χ1n) is 8.23. The van der Waals surface area contributed by atoms with E-state index in [1.165, 1.54) is 0 Å². The van der Waals surface area contributed by atoms with Crippen LogP contribution in [0, 0.1) is 24.0 Å². The van der Waals surface area contributed by atoms with Crippen molar-refractivity contribution in [2.75, 3.05) is 20.3 Å². The van der Waals surface area contributed by atoms with Crippen LogP contribution in [-0.4, -0.2) is 35.6 Å². The second-order valence-electron chi connectivity index (χ2n) is 6.08. The summed E-state index contributed by atoms with van der Waals surface area (Å²) in [4.78, 5) is 22.2. The van der Waals surface area contributed by atoms with E-state index in [4.69, 9.17) is 9.47 Å². The number of alkyl halides is 3. The predicted octanol–water partition coefficient (Wildman–Crippen LogP) is 3.94. The predicted molar refractivity (Wildman–Crippen MR) is 93.7 cm³/mol. The molecule has 0 aliphatic carbocycles. The maximum Gasteiger partial charge on any atom is 0.420 e. The highest BCUT2D eigenvalue weighted by molar-refractivity contribution is 5.98. The molecule has 1 heterocycles. The number of hydrogen-bond acceptors (Lipinski definition) is 5. The topological polar surface area (TPSA) is 83.6 Å². The molecule has 7 nitrogen and oxygen atoms in total. The third-order valence-corrected chi connectivity index (χ3v) is 4.23. The lowest BCUT2D eigenvalue weighted by Crippen LogP contribution is -2.16. The smallest absolute Gasteiger partial charge is 0.420 e. The van der Waals surface area contributed by atoms with Crippen LogP contribution in [-0.2, 0) is 17.5 Å².